The molecule has 2 aromatic heterocycles. The van der Waals surface area contributed by atoms with Gasteiger partial charge in [-0.05, 0) is 42.8 Å². The Morgan fingerprint density at radius 2 is 2.00 bits per heavy atom. The molecule has 1 amide bonds. The normalized spacial score (nSPS) is 10.9. The van der Waals surface area contributed by atoms with E-state index in [0.29, 0.717) is 22.8 Å². The van der Waals surface area contributed by atoms with E-state index in [1.165, 1.54) is 15.9 Å². The summed E-state index contributed by atoms with van der Waals surface area (Å²) >= 11 is 1.33. The predicted octanol–water partition coefficient (Wildman–Crippen LogP) is 4.15. The summed E-state index contributed by atoms with van der Waals surface area (Å²) in [4.78, 5) is 28.9. The molecule has 0 fully saturated rings. The number of nitrogens with zero attached hydrogens (tertiary/aromatic N) is 2. The Hall–Kier alpha value is -3.39. The SMILES string of the molecule is CCCOc1ccc(-c2csc(NC(=O)Cn3c(=O)oc4ccccc43)n2)cc1. The van der Waals surface area contributed by atoms with Crippen molar-refractivity contribution in [1.29, 1.82) is 0 Å². The maximum absolute atomic E-state index is 12.4. The zero-order valence-corrected chi connectivity index (χ0v) is 16.6. The highest BCUT2D eigenvalue weighted by Crippen LogP contribution is 2.26. The maximum atomic E-state index is 12.4. The van der Waals surface area contributed by atoms with Crippen LogP contribution < -0.4 is 15.8 Å². The number of nitrogens with one attached hydrogen (secondary N) is 1. The van der Waals surface area contributed by atoms with E-state index in [0.717, 1.165) is 23.4 Å². The Morgan fingerprint density at radius 1 is 1.21 bits per heavy atom. The second-order valence-corrected chi connectivity index (χ2v) is 7.24. The summed E-state index contributed by atoms with van der Waals surface area (Å²) in [7, 11) is 0. The van der Waals surface area contributed by atoms with Crippen molar-refractivity contribution in [3.63, 3.8) is 0 Å². The standard InChI is InChI=1S/C21H19N3O4S/c1-2-11-27-15-9-7-14(8-10-15)16-13-29-20(22-16)23-19(25)12-24-17-5-3-4-6-18(17)28-21(24)26/h3-10,13H,2,11-12H2,1H3,(H,22,23,25). The first-order chi connectivity index (χ1) is 14.1. The number of benzene rings is 2. The average molecular weight is 409 g/mol. The Kier molecular flexibility index (Phi) is 5.44. The molecule has 0 saturated heterocycles. The van der Waals surface area contributed by atoms with Crippen molar-refractivity contribution in [3.8, 4) is 17.0 Å². The number of anilines is 1. The zero-order chi connectivity index (χ0) is 20.2. The predicted molar refractivity (Wildman–Crippen MR) is 112 cm³/mol. The third-order valence-corrected chi connectivity index (χ3v) is 5.01. The van der Waals surface area contributed by atoms with E-state index in [2.05, 4.69) is 17.2 Å². The molecule has 0 aliphatic carbocycles. The molecular weight excluding hydrogens is 390 g/mol. The van der Waals surface area contributed by atoms with Crippen molar-refractivity contribution in [1.82, 2.24) is 9.55 Å². The summed E-state index contributed by atoms with van der Waals surface area (Å²) < 4.78 is 12.0. The average Bonchev–Trinajstić information content (AvgIpc) is 3.31. The van der Waals surface area contributed by atoms with Gasteiger partial charge in [0, 0.05) is 10.9 Å². The lowest BCUT2D eigenvalue weighted by Crippen LogP contribution is -2.24. The second kappa shape index (κ2) is 8.32. The lowest BCUT2D eigenvalue weighted by molar-refractivity contribution is -0.116. The van der Waals surface area contributed by atoms with Gasteiger partial charge in [-0.1, -0.05) is 19.1 Å². The number of hydrogen-bond donors (Lipinski definition) is 1. The minimum atomic E-state index is -0.563. The van der Waals surface area contributed by atoms with E-state index < -0.39 is 5.76 Å². The van der Waals surface area contributed by atoms with Crippen LogP contribution in [0.25, 0.3) is 22.4 Å². The molecular formula is C21H19N3O4S. The van der Waals surface area contributed by atoms with E-state index in [4.69, 9.17) is 9.15 Å². The molecule has 0 spiro atoms. The fraction of sp³-hybridized carbons (Fsp3) is 0.190. The molecule has 29 heavy (non-hydrogen) atoms. The highest BCUT2D eigenvalue weighted by atomic mass is 32.1. The molecule has 7 nitrogen and oxygen atoms in total. The number of carbonyl (C=O) groups is 1. The maximum Gasteiger partial charge on any atom is 0.420 e. The molecule has 0 unspecified atom stereocenters. The largest absolute Gasteiger partial charge is 0.494 e. The van der Waals surface area contributed by atoms with Crippen LogP contribution in [0, 0.1) is 0 Å². The topological polar surface area (TPSA) is 86.4 Å². The number of hydrogen-bond acceptors (Lipinski definition) is 6. The molecule has 4 rings (SSSR count). The van der Waals surface area contributed by atoms with Gasteiger partial charge in [-0.15, -0.1) is 11.3 Å². The molecule has 1 N–H and O–H groups in total. The third-order valence-electron chi connectivity index (χ3n) is 4.25. The number of fused-ring (bicyclic) bond motifs is 1. The molecule has 0 aliphatic rings. The molecule has 4 aromatic rings. The highest BCUT2D eigenvalue weighted by Gasteiger charge is 2.14. The number of aromatic nitrogens is 2. The summed E-state index contributed by atoms with van der Waals surface area (Å²) in [5, 5.41) is 5.09. The van der Waals surface area contributed by atoms with E-state index in [1.807, 2.05) is 29.6 Å². The summed E-state index contributed by atoms with van der Waals surface area (Å²) in [6, 6.07) is 14.7. The number of amides is 1. The van der Waals surface area contributed by atoms with Crippen LogP contribution in [0.1, 0.15) is 13.3 Å². The Balaban J connectivity index is 1.44. The van der Waals surface area contributed by atoms with Crippen LogP contribution in [0.4, 0.5) is 5.13 Å². The minimum absolute atomic E-state index is 0.145. The van der Waals surface area contributed by atoms with Crippen LogP contribution in [0.2, 0.25) is 0 Å². The van der Waals surface area contributed by atoms with Crippen molar-refractivity contribution in [2.24, 2.45) is 0 Å². The molecule has 8 heteroatoms. The Bertz CT molecular complexity index is 1190. The summed E-state index contributed by atoms with van der Waals surface area (Å²) in [6.45, 7) is 2.60. The molecule has 0 radical (unpaired) electrons. The van der Waals surface area contributed by atoms with Crippen LogP contribution in [0.3, 0.4) is 0 Å². The molecule has 0 bridgehead atoms. The quantitative estimate of drug-likeness (QED) is 0.496. The number of oxazole rings is 1. The monoisotopic (exact) mass is 409 g/mol. The third kappa shape index (κ3) is 4.22. The summed E-state index contributed by atoms with van der Waals surface area (Å²) in [6.07, 6.45) is 0.956. The highest BCUT2D eigenvalue weighted by molar-refractivity contribution is 7.14. The lowest BCUT2D eigenvalue weighted by atomic mass is 10.2. The first-order valence-electron chi connectivity index (χ1n) is 9.21. The molecule has 2 aromatic carbocycles. The van der Waals surface area contributed by atoms with Crippen molar-refractivity contribution in [2.45, 2.75) is 19.9 Å². The number of para-hydroxylation sites is 2. The van der Waals surface area contributed by atoms with Gasteiger partial charge in [0.25, 0.3) is 0 Å². The number of rotatable bonds is 7. The van der Waals surface area contributed by atoms with Crippen LogP contribution >= 0.6 is 11.3 Å². The molecule has 148 valence electrons. The van der Waals surface area contributed by atoms with Gasteiger partial charge in [0.2, 0.25) is 5.91 Å². The number of ether oxygens (including phenoxy) is 1. The lowest BCUT2D eigenvalue weighted by Gasteiger charge is -2.05. The van der Waals surface area contributed by atoms with Crippen LogP contribution in [0.15, 0.2) is 63.1 Å². The van der Waals surface area contributed by atoms with Gasteiger partial charge in [-0.3, -0.25) is 9.36 Å². The summed E-state index contributed by atoms with van der Waals surface area (Å²) in [5.74, 6) is -0.0911. The van der Waals surface area contributed by atoms with Crippen molar-refractivity contribution < 1.29 is 13.9 Å². The van der Waals surface area contributed by atoms with Gasteiger partial charge in [-0.25, -0.2) is 9.78 Å². The smallest absolute Gasteiger partial charge is 0.420 e. The molecule has 0 aliphatic heterocycles. The van der Waals surface area contributed by atoms with Crippen molar-refractivity contribution >= 4 is 33.5 Å². The first kappa shape index (κ1) is 18.9. The van der Waals surface area contributed by atoms with E-state index in [9.17, 15) is 9.59 Å². The number of carbonyl (C=O) groups excluding carboxylic acids is 1. The van der Waals surface area contributed by atoms with E-state index in [1.54, 1.807) is 24.3 Å². The molecule has 0 saturated carbocycles. The molecule has 2 heterocycles. The van der Waals surface area contributed by atoms with Crippen molar-refractivity contribution in [2.75, 3.05) is 11.9 Å². The van der Waals surface area contributed by atoms with Gasteiger partial charge in [-0.2, -0.15) is 0 Å². The van der Waals surface area contributed by atoms with Gasteiger partial charge in [0.15, 0.2) is 10.7 Å². The van der Waals surface area contributed by atoms with Gasteiger partial charge in [0.1, 0.15) is 12.3 Å². The van der Waals surface area contributed by atoms with Crippen LogP contribution in [-0.2, 0) is 11.3 Å². The van der Waals surface area contributed by atoms with Gasteiger partial charge >= 0.3 is 5.76 Å². The Labute approximate surface area is 170 Å². The number of thiazole rings is 1. The Morgan fingerprint density at radius 3 is 2.79 bits per heavy atom. The van der Waals surface area contributed by atoms with Crippen LogP contribution in [0.5, 0.6) is 5.75 Å². The summed E-state index contributed by atoms with van der Waals surface area (Å²) in [5.41, 5.74) is 2.73. The van der Waals surface area contributed by atoms with E-state index >= 15 is 0 Å². The van der Waals surface area contributed by atoms with Gasteiger partial charge in [0.05, 0.1) is 17.8 Å². The van der Waals surface area contributed by atoms with Crippen molar-refractivity contribution in [3.05, 3.63) is 64.5 Å². The fourth-order valence-corrected chi connectivity index (χ4v) is 3.61. The molecule has 0 atom stereocenters. The minimum Gasteiger partial charge on any atom is -0.494 e. The van der Waals surface area contributed by atoms with Crippen LogP contribution in [-0.4, -0.2) is 22.1 Å². The zero-order valence-electron chi connectivity index (χ0n) is 15.8. The van der Waals surface area contributed by atoms with E-state index in [-0.39, 0.29) is 12.5 Å². The first-order valence-corrected chi connectivity index (χ1v) is 10.1. The second-order valence-electron chi connectivity index (χ2n) is 6.38. The van der Waals surface area contributed by atoms with Gasteiger partial charge < -0.3 is 14.5 Å². The fourth-order valence-electron chi connectivity index (χ4n) is 2.87.